The Morgan fingerprint density at radius 1 is 0.900 bits per heavy atom. The van der Waals surface area contributed by atoms with E-state index in [0.717, 1.165) is 11.1 Å². The molecule has 0 radical (unpaired) electrons. The summed E-state index contributed by atoms with van der Waals surface area (Å²) in [5.74, 6) is 0. The Balaban J connectivity index is 2.24. The molecule has 3 aromatic carbocycles. The fourth-order valence-corrected chi connectivity index (χ4v) is 2.95. The molecule has 0 aliphatic rings. The van der Waals surface area contributed by atoms with Crippen molar-refractivity contribution in [3.8, 4) is 0 Å². The average molecular weight is 282 g/mol. The zero-order valence-electron chi connectivity index (χ0n) is 11.3. The van der Waals surface area contributed by atoms with E-state index in [1.54, 1.807) is 0 Å². The molecule has 0 amide bonds. The highest BCUT2D eigenvalue weighted by Gasteiger charge is 2.16. The topological polar surface area (TPSA) is 26.0 Å². The smallest absolute Gasteiger partial charge is 0.0575 e. The molecule has 0 saturated carbocycles. The van der Waals surface area contributed by atoms with Crippen LogP contribution in [0.4, 0.5) is 0 Å². The predicted molar refractivity (Wildman–Crippen MR) is 86.2 cm³/mol. The molecular formula is C18H16ClN. The van der Waals surface area contributed by atoms with Crippen molar-refractivity contribution in [1.82, 2.24) is 0 Å². The van der Waals surface area contributed by atoms with E-state index >= 15 is 0 Å². The van der Waals surface area contributed by atoms with Crippen molar-refractivity contribution >= 4 is 22.4 Å². The van der Waals surface area contributed by atoms with Crippen LogP contribution in [-0.2, 0) is 0 Å². The van der Waals surface area contributed by atoms with E-state index in [2.05, 4.69) is 31.2 Å². The van der Waals surface area contributed by atoms with Gasteiger partial charge >= 0.3 is 0 Å². The van der Waals surface area contributed by atoms with Crippen LogP contribution >= 0.6 is 11.6 Å². The molecule has 1 nitrogen and oxygen atoms in total. The Hall–Kier alpha value is -1.83. The van der Waals surface area contributed by atoms with Crippen LogP contribution in [-0.4, -0.2) is 0 Å². The minimum Gasteiger partial charge on any atom is -0.320 e. The van der Waals surface area contributed by atoms with Crippen molar-refractivity contribution in [2.45, 2.75) is 13.0 Å². The molecule has 3 aromatic rings. The number of aryl methyl sites for hydroxylation is 1. The monoisotopic (exact) mass is 281 g/mol. The first-order valence-corrected chi connectivity index (χ1v) is 7.04. The maximum Gasteiger partial charge on any atom is 0.0575 e. The maximum absolute atomic E-state index is 6.50. The number of hydrogen-bond acceptors (Lipinski definition) is 1. The first-order valence-electron chi connectivity index (χ1n) is 6.67. The summed E-state index contributed by atoms with van der Waals surface area (Å²) in [6, 6.07) is 20.1. The van der Waals surface area contributed by atoms with Gasteiger partial charge < -0.3 is 5.73 Å². The number of benzene rings is 3. The second-order valence-electron chi connectivity index (χ2n) is 5.02. The molecule has 3 rings (SSSR count). The normalized spacial score (nSPS) is 12.6. The van der Waals surface area contributed by atoms with Gasteiger partial charge in [-0.2, -0.15) is 0 Å². The summed E-state index contributed by atoms with van der Waals surface area (Å²) in [4.78, 5) is 0. The van der Waals surface area contributed by atoms with Gasteiger partial charge in [0.2, 0.25) is 0 Å². The van der Waals surface area contributed by atoms with E-state index in [-0.39, 0.29) is 6.04 Å². The Kier molecular flexibility index (Phi) is 3.47. The number of fused-ring (bicyclic) bond motifs is 1. The number of halogens is 1. The maximum atomic E-state index is 6.50. The summed E-state index contributed by atoms with van der Waals surface area (Å²) in [5, 5.41) is 3.11. The lowest BCUT2D eigenvalue weighted by atomic mass is 9.91. The molecule has 2 N–H and O–H groups in total. The molecule has 0 aliphatic heterocycles. The number of hydrogen-bond donors (Lipinski definition) is 1. The van der Waals surface area contributed by atoms with E-state index in [0.29, 0.717) is 5.02 Å². The van der Waals surface area contributed by atoms with Crippen molar-refractivity contribution in [1.29, 1.82) is 0 Å². The predicted octanol–water partition coefficient (Wildman–Crippen LogP) is 4.85. The quantitative estimate of drug-likeness (QED) is 0.714. The van der Waals surface area contributed by atoms with Gasteiger partial charge in [-0.05, 0) is 40.5 Å². The molecule has 1 unspecified atom stereocenters. The molecule has 0 heterocycles. The molecular weight excluding hydrogens is 266 g/mol. The second kappa shape index (κ2) is 5.28. The molecule has 100 valence electrons. The van der Waals surface area contributed by atoms with Gasteiger partial charge in [-0.3, -0.25) is 0 Å². The Morgan fingerprint density at radius 3 is 2.40 bits per heavy atom. The average Bonchev–Trinajstić information content (AvgIpc) is 2.47. The molecule has 0 aromatic heterocycles. The van der Waals surface area contributed by atoms with Gasteiger partial charge in [0.15, 0.2) is 0 Å². The van der Waals surface area contributed by atoms with E-state index < -0.39 is 0 Å². The Bertz CT molecular complexity index is 764. The summed E-state index contributed by atoms with van der Waals surface area (Å²) in [6.07, 6.45) is 0. The summed E-state index contributed by atoms with van der Waals surface area (Å²) in [5.41, 5.74) is 9.81. The molecule has 0 saturated heterocycles. The van der Waals surface area contributed by atoms with E-state index in [1.165, 1.54) is 16.3 Å². The van der Waals surface area contributed by atoms with Crippen LogP contribution in [0.3, 0.4) is 0 Å². The first kappa shape index (κ1) is 13.2. The standard InChI is InChI=1S/C18H16ClN/c1-12-10-11-13-6-2-3-7-14(13)17(12)18(20)15-8-4-5-9-16(15)19/h2-11,18H,20H2,1H3. The lowest BCUT2D eigenvalue weighted by molar-refractivity contribution is 0.872. The molecule has 0 fully saturated rings. The van der Waals surface area contributed by atoms with Crippen molar-refractivity contribution in [2.24, 2.45) is 5.73 Å². The van der Waals surface area contributed by atoms with Crippen LogP contribution in [0.25, 0.3) is 10.8 Å². The van der Waals surface area contributed by atoms with Crippen LogP contribution in [0, 0.1) is 6.92 Å². The van der Waals surface area contributed by atoms with Gasteiger partial charge in [-0.1, -0.05) is 66.2 Å². The van der Waals surface area contributed by atoms with E-state index in [4.69, 9.17) is 17.3 Å². The van der Waals surface area contributed by atoms with Crippen molar-refractivity contribution in [3.63, 3.8) is 0 Å². The molecule has 1 atom stereocenters. The largest absolute Gasteiger partial charge is 0.320 e. The van der Waals surface area contributed by atoms with Gasteiger partial charge in [-0.25, -0.2) is 0 Å². The van der Waals surface area contributed by atoms with Crippen molar-refractivity contribution in [3.05, 3.63) is 82.4 Å². The van der Waals surface area contributed by atoms with Crippen molar-refractivity contribution < 1.29 is 0 Å². The highest BCUT2D eigenvalue weighted by Crippen LogP contribution is 2.33. The molecule has 2 heteroatoms. The second-order valence-corrected chi connectivity index (χ2v) is 5.42. The fourth-order valence-electron chi connectivity index (χ4n) is 2.70. The van der Waals surface area contributed by atoms with Crippen LogP contribution in [0.15, 0.2) is 60.7 Å². The zero-order valence-corrected chi connectivity index (χ0v) is 12.1. The van der Waals surface area contributed by atoms with Crippen LogP contribution in [0.2, 0.25) is 5.02 Å². The lowest BCUT2D eigenvalue weighted by Crippen LogP contribution is -2.14. The van der Waals surface area contributed by atoms with Gasteiger partial charge in [0.1, 0.15) is 0 Å². The summed E-state index contributed by atoms with van der Waals surface area (Å²) < 4.78 is 0. The SMILES string of the molecule is Cc1ccc2ccccc2c1C(N)c1ccccc1Cl. The first-order chi connectivity index (χ1) is 9.68. The van der Waals surface area contributed by atoms with Crippen LogP contribution in [0.1, 0.15) is 22.7 Å². The minimum absolute atomic E-state index is 0.213. The summed E-state index contributed by atoms with van der Waals surface area (Å²) in [7, 11) is 0. The molecule has 0 spiro atoms. The lowest BCUT2D eigenvalue weighted by Gasteiger charge is -2.19. The van der Waals surface area contributed by atoms with Gasteiger partial charge in [0.05, 0.1) is 6.04 Å². The highest BCUT2D eigenvalue weighted by atomic mass is 35.5. The third-order valence-corrected chi connectivity index (χ3v) is 4.08. The summed E-state index contributed by atoms with van der Waals surface area (Å²) in [6.45, 7) is 2.10. The molecule has 20 heavy (non-hydrogen) atoms. The van der Waals surface area contributed by atoms with Crippen LogP contribution in [0.5, 0.6) is 0 Å². The Morgan fingerprint density at radius 2 is 1.60 bits per heavy atom. The van der Waals surface area contributed by atoms with Gasteiger partial charge in [-0.15, -0.1) is 0 Å². The zero-order chi connectivity index (χ0) is 14.1. The molecule has 0 aliphatic carbocycles. The Labute approximate surface area is 124 Å². The van der Waals surface area contributed by atoms with Crippen LogP contribution < -0.4 is 5.73 Å². The highest BCUT2D eigenvalue weighted by molar-refractivity contribution is 6.31. The van der Waals surface area contributed by atoms with E-state index in [9.17, 15) is 0 Å². The minimum atomic E-state index is -0.213. The van der Waals surface area contributed by atoms with Gasteiger partial charge in [0, 0.05) is 5.02 Å². The summed E-state index contributed by atoms with van der Waals surface area (Å²) >= 11 is 6.29. The molecule has 0 bridgehead atoms. The third-order valence-electron chi connectivity index (χ3n) is 3.74. The fraction of sp³-hybridized carbons (Fsp3) is 0.111. The van der Waals surface area contributed by atoms with Crippen molar-refractivity contribution in [2.75, 3.05) is 0 Å². The van der Waals surface area contributed by atoms with E-state index in [1.807, 2.05) is 36.4 Å². The number of rotatable bonds is 2. The number of nitrogens with two attached hydrogens (primary N) is 1. The third kappa shape index (κ3) is 2.20. The van der Waals surface area contributed by atoms with Gasteiger partial charge in [0.25, 0.3) is 0 Å².